The molecule has 0 aliphatic carbocycles. The Hall–Kier alpha value is -1.68. The highest BCUT2D eigenvalue weighted by Crippen LogP contribution is 2.21. The van der Waals surface area contributed by atoms with Gasteiger partial charge >= 0.3 is 0 Å². The summed E-state index contributed by atoms with van der Waals surface area (Å²) in [5.74, 6) is 0.209. The normalized spacial score (nSPS) is 10.8. The molecule has 0 bridgehead atoms. The molecule has 4 heteroatoms. The van der Waals surface area contributed by atoms with E-state index in [4.69, 9.17) is 0 Å². The van der Waals surface area contributed by atoms with Crippen molar-refractivity contribution < 1.29 is 5.11 Å². The molecule has 0 fully saturated rings. The van der Waals surface area contributed by atoms with Crippen LogP contribution in [-0.4, -0.2) is 16.3 Å². The Bertz CT molecular complexity index is 512. The van der Waals surface area contributed by atoms with E-state index in [1.807, 2.05) is 0 Å². The number of hydrogen-bond donors (Lipinski definition) is 1. The summed E-state index contributed by atoms with van der Waals surface area (Å²) in [7, 11) is 0. The summed E-state index contributed by atoms with van der Waals surface area (Å²) in [4.78, 5) is 8.13. The van der Waals surface area contributed by atoms with E-state index >= 15 is 0 Å². The lowest BCUT2D eigenvalue weighted by atomic mass is 10.2. The number of nitrogens with zero attached hydrogens (tertiary/aromatic N) is 2. The van der Waals surface area contributed by atoms with E-state index in [9.17, 15) is 5.11 Å². The first-order valence-corrected chi connectivity index (χ1v) is 5.47. The molecule has 3 nitrogen and oxygen atoms in total. The average molecular weight is 277 g/mol. The Balaban J connectivity index is 2.27. The van der Waals surface area contributed by atoms with E-state index in [1.54, 1.807) is 48.9 Å². The van der Waals surface area contributed by atoms with Gasteiger partial charge in [0.25, 0.3) is 0 Å². The third-order valence-electron chi connectivity index (χ3n) is 2.01. The average Bonchev–Trinajstić information content (AvgIpc) is 2.32. The number of aromatic nitrogens is 1. The molecule has 2 aromatic rings. The Morgan fingerprint density at radius 2 is 1.94 bits per heavy atom. The first-order chi connectivity index (χ1) is 7.75. The van der Waals surface area contributed by atoms with Crippen molar-refractivity contribution in [2.45, 2.75) is 0 Å². The van der Waals surface area contributed by atoms with Gasteiger partial charge in [0.05, 0.1) is 5.69 Å². The number of phenols is 1. The van der Waals surface area contributed by atoms with Crippen LogP contribution >= 0.6 is 15.9 Å². The number of benzene rings is 1. The third kappa shape index (κ3) is 2.67. The summed E-state index contributed by atoms with van der Waals surface area (Å²) >= 11 is 3.34. The summed E-state index contributed by atoms with van der Waals surface area (Å²) in [6.07, 6.45) is 4.97. The Morgan fingerprint density at radius 3 is 2.69 bits per heavy atom. The predicted molar refractivity (Wildman–Crippen MR) is 67.3 cm³/mol. The minimum Gasteiger partial charge on any atom is -0.507 e. The van der Waals surface area contributed by atoms with Crippen LogP contribution in [0.25, 0.3) is 0 Å². The van der Waals surface area contributed by atoms with Crippen LogP contribution in [-0.2, 0) is 0 Å². The first kappa shape index (κ1) is 10.8. The van der Waals surface area contributed by atoms with Crippen molar-refractivity contribution in [2.24, 2.45) is 4.99 Å². The third-order valence-corrected chi connectivity index (χ3v) is 2.50. The fraction of sp³-hybridized carbons (Fsp3) is 0. The fourth-order valence-corrected chi connectivity index (χ4v) is 1.58. The molecule has 0 saturated carbocycles. The number of rotatable bonds is 2. The van der Waals surface area contributed by atoms with Gasteiger partial charge in [-0.3, -0.25) is 9.98 Å². The van der Waals surface area contributed by atoms with Gasteiger partial charge in [-0.15, -0.1) is 0 Å². The maximum Gasteiger partial charge on any atom is 0.124 e. The topological polar surface area (TPSA) is 45.5 Å². The summed E-state index contributed by atoms with van der Waals surface area (Å²) in [6.45, 7) is 0. The van der Waals surface area contributed by atoms with Gasteiger partial charge in [-0.05, 0) is 30.3 Å². The SMILES string of the molecule is Oc1ccc(Br)cc1C=Nc1ccncc1. The van der Waals surface area contributed by atoms with Crippen LogP contribution in [0.1, 0.15) is 5.56 Å². The Kier molecular flexibility index (Phi) is 3.31. The number of hydrogen-bond acceptors (Lipinski definition) is 3. The van der Waals surface area contributed by atoms with Gasteiger partial charge in [-0.2, -0.15) is 0 Å². The van der Waals surface area contributed by atoms with E-state index in [2.05, 4.69) is 25.9 Å². The van der Waals surface area contributed by atoms with Crippen LogP contribution in [0.3, 0.4) is 0 Å². The zero-order valence-corrected chi connectivity index (χ0v) is 9.92. The van der Waals surface area contributed by atoms with Crippen LogP contribution in [0, 0.1) is 0 Å². The molecule has 0 aliphatic heterocycles. The number of halogens is 1. The highest BCUT2D eigenvalue weighted by molar-refractivity contribution is 9.10. The molecule has 2 rings (SSSR count). The van der Waals surface area contributed by atoms with Crippen molar-refractivity contribution in [3.8, 4) is 5.75 Å². The Morgan fingerprint density at radius 1 is 1.19 bits per heavy atom. The van der Waals surface area contributed by atoms with Crippen molar-refractivity contribution in [1.82, 2.24) is 4.98 Å². The monoisotopic (exact) mass is 276 g/mol. The lowest BCUT2D eigenvalue weighted by molar-refractivity contribution is 0.474. The molecule has 0 spiro atoms. The number of aromatic hydroxyl groups is 1. The number of phenolic OH excluding ortho intramolecular Hbond substituents is 1. The van der Waals surface area contributed by atoms with Gasteiger partial charge in [0.1, 0.15) is 5.75 Å². The van der Waals surface area contributed by atoms with E-state index in [0.717, 1.165) is 10.2 Å². The zero-order valence-electron chi connectivity index (χ0n) is 8.34. The maximum absolute atomic E-state index is 9.59. The molecular weight excluding hydrogens is 268 g/mol. The number of pyridine rings is 1. The summed E-state index contributed by atoms with van der Waals surface area (Å²) in [5, 5.41) is 9.59. The molecule has 16 heavy (non-hydrogen) atoms. The van der Waals surface area contributed by atoms with Gasteiger partial charge in [-0.25, -0.2) is 0 Å². The van der Waals surface area contributed by atoms with Gasteiger partial charge in [0.2, 0.25) is 0 Å². The summed E-state index contributed by atoms with van der Waals surface area (Å²) in [5.41, 5.74) is 1.47. The second kappa shape index (κ2) is 4.90. The molecular formula is C12H9BrN2O. The molecule has 0 amide bonds. The van der Waals surface area contributed by atoms with Gasteiger partial charge in [-0.1, -0.05) is 15.9 Å². The van der Waals surface area contributed by atoms with E-state index in [0.29, 0.717) is 5.56 Å². The van der Waals surface area contributed by atoms with Crippen molar-refractivity contribution in [3.63, 3.8) is 0 Å². The van der Waals surface area contributed by atoms with Crippen molar-refractivity contribution >= 4 is 27.8 Å². The molecule has 0 atom stereocenters. The molecule has 0 unspecified atom stereocenters. The molecule has 1 aromatic heterocycles. The molecule has 0 saturated heterocycles. The molecule has 1 aromatic carbocycles. The fourth-order valence-electron chi connectivity index (χ4n) is 1.20. The lowest BCUT2D eigenvalue weighted by Gasteiger charge is -1.98. The molecule has 1 N–H and O–H groups in total. The standard InChI is InChI=1S/C12H9BrN2O/c13-10-1-2-12(16)9(7-10)8-15-11-3-5-14-6-4-11/h1-8,16H. The highest BCUT2D eigenvalue weighted by atomic mass is 79.9. The van der Waals surface area contributed by atoms with Crippen LogP contribution in [0.2, 0.25) is 0 Å². The highest BCUT2D eigenvalue weighted by Gasteiger charge is 1.98. The van der Waals surface area contributed by atoms with Crippen LogP contribution in [0.4, 0.5) is 5.69 Å². The van der Waals surface area contributed by atoms with Gasteiger partial charge in [0.15, 0.2) is 0 Å². The molecule has 0 aliphatic rings. The van der Waals surface area contributed by atoms with Crippen LogP contribution < -0.4 is 0 Å². The van der Waals surface area contributed by atoms with Crippen molar-refractivity contribution in [2.75, 3.05) is 0 Å². The van der Waals surface area contributed by atoms with Crippen molar-refractivity contribution in [1.29, 1.82) is 0 Å². The number of aliphatic imine (C=N–C) groups is 1. The second-order valence-electron chi connectivity index (χ2n) is 3.17. The second-order valence-corrected chi connectivity index (χ2v) is 4.08. The largest absolute Gasteiger partial charge is 0.507 e. The van der Waals surface area contributed by atoms with E-state index in [1.165, 1.54) is 0 Å². The molecule has 0 radical (unpaired) electrons. The summed E-state index contributed by atoms with van der Waals surface area (Å²) < 4.78 is 0.904. The Labute approximate surface area is 102 Å². The molecule has 1 heterocycles. The van der Waals surface area contributed by atoms with E-state index in [-0.39, 0.29) is 5.75 Å². The lowest BCUT2D eigenvalue weighted by Crippen LogP contribution is -1.82. The smallest absolute Gasteiger partial charge is 0.124 e. The van der Waals surface area contributed by atoms with Gasteiger partial charge < -0.3 is 5.11 Å². The minimum absolute atomic E-state index is 0.209. The quantitative estimate of drug-likeness (QED) is 0.856. The minimum atomic E-state index is 0.209. The first-order valence-electron chi connectivity index (χ1n) is 4.68. The summed E-state index contributed by atoms with van der Waals surface area (Å²) in [6, 6.07) is 8.80. The van der Waals surface area contributed by atoms with E-state index < -0.39 is 0 Å². The molecule has 80 valence electrons. The van der Waals surface area contributed by atoms with Crippen LogP contribution in [0.15, 0.2) is 52.2 Å². The van der Waals surface area contributed by atoms with Crippen molar-refractivity contribution in [3.05, 3.63) is 52.8 Å². The van der Waals surface area contributed by atoms with Gasteiger partial charge in [0, 0.05) is 28.6 Å². The zero-order chi connectivity index (χ0) is 11.4. The predicted octanol–water partition coefficient (Wildman–Crippen LogP) is 3.30. The maximum atomic E-state index is 9.59. The van der Waals surface area contributed by atoms with Crippen LogP contribution in [0.5, 0.6) is 5.75 Å².